The van der Waals surface area contributed by atoms with E-state index in [1.54, 1.807) is 11.3 Å². The molecule has 3 nitrogen and oxygen atoms in total. The first kappa shape index (κ1) is 16.7. The van der Waals surface area contributed by atoms with Crippen molar-refractivity contribution < 1.29 is 0 Å². The third kappa shape index (κ3) is 2.64. The Morgan fingerprint density at radius 3 is 2.66 bits per heavy atom. The molecule has 4 heteroatoms. The number of aromatic nitrogens is 1. The Morgan fingerprint density at radius 1 is 0.966 bits per heavy atom. The van der Waals surface area contributed by atoms with Crippen molar-refractivity contribution in [3.05, 3.63) is 77.5 Å². The average molecular weight is 394 g/mol. The van der Waals surface area contributed by atoms with E-state index in [0.717, 1.165) is 17.1 Å². The quantitative estimate of drug-likeness (QED) is 0.290. The first-order valence-corrected chi connectivity index (χ1v) is 10.7. The van der Waals surface area contributed by atoms with Gasteiger partial charge in [0.15, 0.2) is 0 Å². The molecule has 0 aliphatic heterocycles. The summed E-state index contributed by atoms with van der Waals surface area (Å²) in [7, 11) is 1.98. The number of hydrogen-bond acceptors (Lipinski definition) is 4. The number of fused-ring (bicyclic) bond motifs is 1. The van der Waals surface area contributed by atoms with Crippen LogP contribution in [0.4, 0.5) is 5.13 Å². The van der Waals surface area contributed by atoms with E-state index in [4.69, 9.17) is 10.1 Å². The van der Waals surface area contributed by atoms with E-state index in [0.29, 0.717) is 0 Å². The molecule has 0 bridgehead atoms. The van der Waals surface area contributed by atoms with Gasteiger partial charge < -0.3 is 0 Å². The minimum atomic E-state index is 0.273. The third-order valence-electron chi connectivity index (χ3n) is 5.81. The smallest absolute Gasteiger partial charge is 0.206 e. The van der Waals surface area contributed by atoms with E-state index in [9.17, 15) is 0 Å². The fourth-order valence-electron chi connectivity index (χ4n) is 4.37. The Hall–Kier alpha value is -3.24. The Kier molecular flexibility index (Phi) is 3.68. The van der Waals surface area contributed by atoms with Crippen LogP contribution < -0.4 is 10.2 Å². The van der Waals surface area contributed by atoms with Gasteiger partial charge in [0.25, 0.3) is 0 Å². The van der Waals surface area contributed by atoms with Crippen LogP contribution in [0, 0.1) is 0 Å². The second-order valence-corrected chi connectivity index (χ2v) is 8.57. The number of anilines is 1. The minimum Gasteiger partial charge on any atom is -0.243 e. The molecule has 5 aromatic rings. The van der Waals surface area contributed by atoms with Gasteiger partial charge in [0, 0.05) is 19.2 Å². The van der Waals surface area contributed by atoms with Crippen LogP contribution in [0.5, 0.6) is 0 Å². The average Bonchev–Trinajstić information content (AvgIpc) is 3.21. The molecule has 0 amide bonds. The maximum atomic E-state index is 4.77. The molecule has 0 N–H and O–H groups in total. The van der Waals surface area contributed by atoms with E-state index in [1.165, 1.54) is 37.0 Å². The number of hydrogen-bond donors (Lipinski definition) is 0. The van der Waals surface area contributed by atoms with Crippen molar-refractivity contribution in [3.8, 4) is 0 Å². The van der Waals surface area contributed by atoms with Crippen molar-refractivity contribution in [2.75, 3.05) is 12.1 Å². The molecule has 6 rings (SSSR count). The van der Waals surface area contributed by atoms with Crippen molar-refractivity contribution in [3.63, 3.8) is 0 Å². The van der Waals surface area contributed by atoms with Gasteiger partial charge in [-0.1, -0.05) is 72.0 Å². The Labute approximate surface area is 172 Å². The van der Waals surface area contributed by atoms with Gasteiger partial charge in [-0.2, -0.15) is 5.10 Å². The molecule has 1 aromatic heterocycles. The second-order valence-electron chi connectivity index (χ2n) is 7.56. The standard InChI is InChI=1S/C25H19N3S/c1-28(25-27-21-7-2-3-8-22(21)29-25)26-15-19-12-11-18-10-9-16-5-4-6-17-13-14-20(19)24(18)23(16)17/h2-11,13-15,19H,12H2,1H3/b26-15-. The lowest BCUT2D eigenvalue weighted by Gasteiger charge is -2.21. The van der Waals surface area contributed by atoms with E-state index in [2.05, 4.69) is 60.8 Å². The Balaban J connectivity index is 1.40. The number of thiazole rings is 1. The van der Waals surface area contributed by atoms with Crippen LogP contribution in [-0.4, -0.2) is 18.2 Å². The van der Waals surface area contributed by atoms with Crippen LogP contribution in [0.3, 0.4) is 0 Å². The van der Waals surface area contributed by atoms with E-state index in [1.807, 2.05) is 30.3 Å². The van der Waals surface area contributed by atoms with Gasteiger partial charge >= 0.3 is 0 Å². The predicted octanol–water partition coefficient (Wildman–Crippen LogP) is 5.71. The molecular weight excluding hydrogens is 374 g/mol. The number of para-hydroxylation sites is 1. The van der Waals surface area contributed by atoms with Gasteiger partial charge in [-0.3, -0.25) is 0 Å². The fourth-order valence-corrected chi connectivity index (χ4v) is 5.25. The summed E-state index contributed by atoms with van der Waals surface area (Å²) in [6.45, 7) is 0. The highest BCUT2D eigenvalue weighted by Crippen LogP contribution is 2.34. The topological polar surface area (TPSA) is 28.5 Å². The monoisotopic (exact) mass is 393 g/mol. The zero-order chi connectivity index (χ0) is 19.4. The minimum absolute atomic E-state index is 0.273. The molecule has 1 aliphatic rings. The SMILES string of the molecule is CN(/N=C\C1CC=c2ccc3cccc4ccc1c2c43)c1nc2ccccc2s1. The predicted molar refractivity (Wildman–Crippen MR) is 125 cm³/mol. The van der Waals surface area contributed by atoms with Crippen molar-refractivity contribution in [1.29, 1.82) is 0 Å². The summed E-state index contributed by atoms with van der Waals surface area (Å²) in [6.07, 6.45) is 5.40. The number of benzene rings is 4. The van der Waals surface area contributed by atoms with Gasteiger partial charge in [-0.15, -0.1) is 0 Å². The van der Waals surface area contributed by atoms with E-state index in [-0.39, 0.29) is 5.92 Å². The molecule has 1 atom stereocenters. The van der Waals surface area contributed by atoms with Gasteiger partial charge in [0.1, 0.15) is 0 Å². The molecule has 140 valence electrons. The van der Waals surface area contributed by atoms with Gasteiger partial charge in [0.05, 0.1) is 10.2 Å². The lowest BCUT2D eigenvalue weighted by atomic mass is 9.84. The lowest BCUT2D eigenvalue weighted by molar-refractivity contribution is 0.926. The highest BCUT2D eigenvalue weighted by molar-refractivity contribution is 7.22. The van der Waals surface area contributed by atoms with E-state index < -0.39 is 0 Å². The Morgan fingerprint density at radius 2 is 1.79 bits per heavy atom. The van der Waals surface area contributed by atoms with Crippen LogP contribution >= 0.6 is 11.3 Å². The molecule has 0 radical (unpaired) electrons. The van der Waals surface area contributed by atoms with Crippen molar-refractivity contribution in [2.45, 2.75) is 12.3 Å². The Bertz CT molecular complexity index is 1420. The molecular formula is C25H19N3S. The number of rotatable bonds is 3. The maximum Gasteiger partial charge on any atom is 0.206 e. The third-order valence-corrected chi connectivity index (χ3v) is 6.91. The molecule has 4 aromatic carbocycles. The molecule has 1 heterocycles. The largest absolute Gasteiger partial charge is 0.243 e. The van der Waals surface area contributed by atoms with Crippen LogP contribution in [-0.2, 0) is 0 Å². The van der Waals surface area contributed by atoms with Crippen molar-refractivity contribution in [1.82, 2.24) is 4.98 Å². The summed E-state index contributed by atoms with van der Waals surface area (Å²) in [5, 5.41) is 14.3. The summed E-state index contributed by atoms with van der Waals surface area (Å²) < 4.78 is 1.19. The van der Waals surface area contributed by atoms with Crippen LogP contribution in [0.1, 0.15) is 17.9 Å². The summed E-state index contributed by atoms with van der Waals surface area (Å²) >= 11 is 1.67. The first-order valence-electron chi connectivity index (χ1n) is 9.85. The van der Waals surface area contributed by atoms with Crippen LogP contribution in [0.25, 0.3) is 37.8 Å². The van der Waals surface area contributed by atoms with Crippen LogP contribution in [0.2, 0.25) is 0 Å². The summed E-state index contributed by atoms with van der Waals surface area (Å²) in [6, 6.07) is 23.8. The zero-order valence-corrected chi connectivity index (χ0v) is 16.9. The summed E-state index contributed by atoms with van der Waals surface area (Å²) in [5.41, 5.74) is 2.39. The first-order chi connectivity index (χ1) is 14.3. The highest BCUT2D eigenvalue weighted by atomic mass is 32.1. The molecule has 1 unspecified atom stereocenters. The highest BCUT2D eigenvalue weighted by Gasteiger charge is 2.18. The molecule has 0 spiro atoms. The van der Waals surface area contributed by atoms with Crippen LogP contribution in [0.15, 0.2) is 71.8 Å². The lowest BCUT2D eigenvalue weighted by Crippen LogP contribution is -2.16. The second kappa shape index (κ2) is 6.39. The van der Waals surface area contributed by atoms with Gasteiger partial charge in [-0.25, -0.2) is 9.99 Å². The van der Waals surface area contributed by atoms with Crippen molar-refractivity contribution in [2.24, 2.45) is 5.10 Å². The molecule has 0 saturated heterocycles. The number of nitrogens with zero attached hydrogens (tertiary/aromatic N) is 3. The zero-order valence-electron chi connectivity index (χ0n) is 16.0. The number of hydrazone groups is 1. The molecule has 29 heavy (non-hydrogen) atoms. The molecule has 0 saturated carbocycles. The summed E-state index contributed by atoms with van der Waals surface area (Å²) in [4.78, 5) is 4.70. The molecule has 0 fully saturated rings. The van der Waals surface area contributed by atoms with Crippen molar-refractivity contribution >= 4 is 60.5 Å². The normalized spacial score (nSPS) is 16.1. The van der Waals surface area contributed by atoms with Gasteiger partial charge in [0.2, 0.25) is 5.13 Å². The fraction of sp³-hybridized carbons (Fsp3) is 0.120. The summed E-state index contributed by atoms with van der Waals surface area (Å²) in [5.74, 6) is 0.273. The van der Waals surface area contributed by atoms with Gasteiger partial charge in [-0.05, 0) is 50.9 Å². The molecule has 1 aliphatic carbocycles. The van der Waals surface area contributed by atoms with E-state index >= 15 is 0 Å². The maximum absolute atomic E-state index is 4.77.